The molecule has 2 amide bonds. The molecule has 2 N–H and O–H groups in total. The maximum Gasteiger partial charge on any atom is 0.387 e. The molecule has 0 fully saturated rings. The van der Waals surface area contributed by atoms with Crippen molar-refractivity contribution in [1.82, 2.24) is 0 Å². The van der Waals surface area contributed by atoms with Crippen LogP contribution in [0.3, 0.4) is 0 Å². The van der Waals surface area contributed by atoms with Crippen molar-refractivity contribution in [1.29, 1.82) is 0 Å². The summed E-state index contributed by atoms with van der Waals surface area (Å²) in [6.45, 7) is -1.81. The molecule has 0 aromatic heterocycles. The lowest BCUT2D eigenvalue weighted by molar-refractivity contribution is -0.114. The second-order valence-electron chi connectivity index (χ2n) is 5.07. The van der Waals surface area contributed by atoms with Crippen LogP contribution in [0.15, 0.2) is 36.4 Å². The fourth-order valence-electron chi connectivity index (χ4n) is 2.09. The number of methoxy groups -OCH3 is 1. The molecule has 2 aromatic rings. The van der Waals surface area contributed by atoms with Crippen molar-refractivity contribution < 1.29 is 32.2 Å². The summed E-state index contributed by atoms with van der Waals surface area (Å²) in [6.07, 6.45) is 0. The zero-order valence-corrected chi connectivity index (χ0v) is 13.8. The lowest BCUT2D eigenvalue weighted by Gasteiger charge is -2.12. The average Bonchev–Trinajstić information content (AvgIpc) is 2.57. The van der Waals surface area contributed by atoms with Crippen molar-refractivity contribution in [2.45, 2.75) is 13.5 Å². The fraction of sp³-hybridized carbons (Fsp3) is 0.176. The maximum absolute atomic E-state index is 13.6. The zero-order valence-electron chi connectivity index (χ0n) is 13.8. The Morgan fingerprint density at radius 1 is 1.04 bits per heavy atom. The van der Waals surface area contributed by atoms with Crippen LogP contribution in [0.2, 0.25) is 0 Å². The second kappa shape index (κ2) is 8.24. The Morgan fingerprint density at radius 3 is 2.38 bits per heavy atom. The standard InChI is InChI=1S/C17H15F3N2O4/c1-9(23)21-13-8-11(4-5-12(13)18)22-16(24)10-3-6-14(26-17(19)20)15(7-10)25-2/h3-8,17H,1-2H3,(H,21,23)(H,22,24). The van der Waals surface area contributed by atoms with Crippen LogP contribution in [0.1, 0.15) is 17.3 Å². The highest BCUT2D eigenvalue weighted by Crippen LogP contribution is 2.30. The first kappa shape index (κ1) is 19.1. The van der Waals surface area contributed by atoms with Crippen molar-refractivity contribution in [2.75, 3.05) is 17.7 Å². The molecule has 0 bridgehead atoms. The van der Waals surface area contributed by atoms with Crippen LogP contribution in [-0.4, -0.2) is 25.5 Å². The Hall–Kier alpha value is -3.23. The number of hydrogen-bond acceptors (Lipinski definition) is 4. The lowest BCUT2D eigenvalue weighted by Crippen LogP contribution is -2.13. The van der Waals surface area contributed by atoms with E-state index in [1.165, 1.54) is 44.4 Å². The molecular formula is C17H15F3N2O4. The van der Waals surface area contributed by atoms with E-state index in [0.717, 1.165) is 6.07 Å². The Morgan fingerprint density at radius 2 is 1.77 bits per heavy atom. The van der Waals surface area contributed by atoms with E-state index in [-0.39, 0.29) is 28.4 Å². The monoisotopic (exact) mass is 368 g/mol. The van der Waals surface area contributed by atoms with Gasteiger partial charge in [0.25, 0.3) is 5.91 Å². The van der Waals surface area contributed by atoms with E-state index in [9.17, 15) is 22.8 Å². The molecule has 0 atom stereocenters. The summed E-state index contributed by atoms with van der Waals surface area (Å²) < 4.78 is 47.5. The number of ether oxygens (including phenoxy) is 2. The summed E-state index contributed by atoms with van der Waals surface area (Å²) in [5.74, 6) is -1.97. The predicted octanol–water partition coefficient (Wildman–Crippen LogP) is 3.65. The molecular weight excluding hydrogens is 353 g/mol. The van der Waals surface area contributed by atoms with Gasteiger partial charge in [-0.25, -0.2) is 4.39 Å². The molecule has 26 heavy (non-hydrogen) atoms. The Kier molecular flexibility index (Phi) is 6.05. The summed E-state index contributed by atoms with van der Waals surface area (Å²) in [7, 11) is 1.25. The SMILES string of the molecule is COc1cc(C(=O)Nc2ccc(F)c(NC(C)=O)c2)ccc1OC(F)F. The highest BCUT2D eigenvalue weighted by Gasteiger charge is 2.15. The quantitative estimate of drug-likeness (QED) is 0.816. The third-order valence-corrected chi connectivity index (χ3v) is 3.18. The van der Waals surface area contributed by atoms with Crippen LogP contribution in [0, 0.1) is 5.82 Å². The molecule has 0 unspecified atom stereocenters. The molecule has 0 radical (unpaired) electrons. The van der Waals surface area contributed by atoms with Crippen molar-refractivity contribution >= 4 is 23.2 Å². The molecule has 0 heterocycles. The molecule has 2 rings (SSSR count). The van der Waals surface area contributed by atoms with Crippen LogP contribution >= 0.6 is 0 Å². The second-order valence-corrected chi connectivity index (χ2v) is 5.07. The van der Waals surface area contributed by atoms with Gasteiger partial charge in [0, 0.05) is 18.2 Å². The fourth-order valence-corrected chi connectivity index (χ4v) is 2.09. The highest BCUT2D eigenvalue weighted by molar-refractivity contribution is 6.05. The van der Waals surface area contributed by atoms with Crippen LogP contribution in [0.25, 0.3) is 0 Å². The van der Waals surface area contributed by atoms with Gasteiger partial charge >= 0.3 is 6.61 Å². The smallest absolute Gasteiger partial charge is 0.387 e. The van der Waals surface area contributed by atoms with Gasteiger partial charge in [0.15, 0.2) is 11.5 Å². The Labute approximate surface area is 146 Å². The molecule has 0 aliphatic carbocycles. The summed E-state index contributed by atoms with van der Waals surface area (Å²) in [6, 6.07) is 7.32. The van der Waals surface area contributed by atoms with Gasteiger partial charge in [-0.2, -0.15) is 8.78 Å². The van der Waals surface area contributed by atoms with E-state index in [4.69, 9.17) is 4.74 Å². The summed E-state index contributed by atoms with van der Waals surface area (Å²) in [4.78, 5) is 23.4. The number of carbonyl (C=O) groups is 2. The number of hydrogen-bond donors (Lipinski definition) is 2. The van der Waals surface area contributed by atoms with Gasteiger partial charge in [-0.05, 0) is 36.4 Å². The average molecular weight is 368 g/mol. The highest BCUT2D eigenvalue weighted by atomic mass is 19.3. The van der Waals surface area contributed by atoms with E-state index < -0.39 is 24.2 Å². The van der Waals surface area contributed by atoms with Crippen LogP contribution in [-0.2, 0) is 4.79 Å². The number of nitrogens with one attached hydrogen (secondary N) is 2. The molecule has 0 spiro atoms. The van der Waals surface area contributed by atoms with E-state index in [2.05, 4.69) is 15.4 Å². The minimum Gasteiger partial charge on any atom is -0.493 e. The minimum absolute atomic E-state index is 0.0454. The maximum atomic E-state index is 13.6. The number of rotatable bonds is 6. The van der Waals surface area contributed by atoms with Gasteiger partial charge in [-0.3, -0.25) is 9.59 Å². The molecule has 138 valence electrons. The minimum atomic E-state index is -3.03. The van der Waals surface area contributed by atoms with E-state index in [0.29, 0.717) is 0 Å². The third kappa shape index (κ3) is 4.88. The van der Waals surface area contributed by atoms with Crippen LogP contribution in [0.5, 0.6) is 11.5 Å². The van der Waals surface area contributed by atoms with E-state index in [1.54, 1.807) is 0 Å². The van der Waals surface area contributed by atoms with Crippen LogP contribution in [0.4, 0.5) is 24.5 Å². The van der Waals surface area contributed by atoms with Crippen molar-refractivity contribution in [2.24, 2.45) is 0 Å². The number of carbonyl (C=O) groups excluding carboxylic acids is 2. The number of anilines is 2. The number of halogens is 3. The van der Waals surface area contributed by atoms with E-state index in [1.807, 2.05) is 0 Å². The predicted molar refractivity (Wildman–Crippen MR) is 88.3 cm³/mol. The zero-order chi connectivity index (χ0) is 19.3. The summed E-state index contributed by atoms with van der Waals surface area (Å²) >= 11 is 0. The Bertz CT molecular complexity index is 828. The van der Waals surface area contributed by atoms with Crippen molar-refractivity contribution in [3.8, 4) is 11.5 Å². The third-order valence-electron chi connectivity index (χ3n) is 3.18. The van der Waals surface area contributed by atoms with Gasteiger partial charge in [0.05, 0.1) is 12.8 Å². The van der Waals surface area contributed by atoms with Gasteiger partial charge in [0.2, 0.25) is 5.91 Å². The molecule has 9 heteroatoms. The van der Waals surface area contributed by atoms with Gasteiger partial charge in [-0.1, -0.05) is 0 Å². The normalized spacial score (nSPS) is 10.4. The van der Waals surface area contributed by atoms with Gasteiger partial charge < -0.3 is 20.1 Å². The number of benzene rings is 2. The summed E-state index contributed by atoms with van der Waals surface area (Å²) in [5.41, 5.74) is 0.245. The summed E-state index contributed by atoms with van der Waals surface area (Å²) in [5, 5.41) is 4.81. The van der Waals surface area contributed by atoms with Crippen molar-refractivity contribution in [3.05, 3.63) is 47.8 Å². The molecule has 6 nitrogen and oxygen atoms in total. The first-order chi connectivity index (χ1) is 12.3. The molecule has 2 aromatic carbocycles. The Balaban J connectivity index is 2.21. The van der Waals surface area contributed by atoms with Crippen LogP contribution < -0.4 is 20.1 Å². The topological polar surface area (TPSA) is 76.7 Å². The van der Waals surface area contributed by atoms with E-state index >= 15 is 0 Å². The molecule has 0 saturated heterocycles. The number of alkyl halides is 2. The number of amides is 2. The van der Waals surface area contributed by atoms with Crippen molar-refractivity contribution in [3.63, 3.8) is 0 Å². The first-order valence-corrected chi connectivity index (χ1v) is 7.31. The van der Waals surface area contributed by atoms with Gasteiger partial charge in [0.1, 0.15) is 5.82 Å². The largest absolute Gasteiger partial charge is 0.493 e. The van der Waals surface area contributed by atoms with Gasteiger partial charge in [-0.15, -0.1) is 0 Å². The molecule has 0 aliphatic heterocycles. The molecule has 0 saturated carbocycles. The first-order valence-electron chi connectivity index (χ1n) is 7.31. The lowest BCUT2D eigenvalue weighted by atomic mass is 10.1. The molecule has 0 aliphatic rings.